The molecular formula is C51H35FeN6O6P. The number of rotatable bonds is 10. The first-order valence-corrected chi connectivity index (χ1v) is 20.8. The van der Waals surface area contributed by atoms with E-state index in [1.54, 1.807) is 54.6 Å². The van der Waals surface area contributed by atoms with E-state index < -0.39 is 41.6 Å². The Morgan fingerprint density at radius 1 is 0.338 bits per heavy atom. The molecule has 0 aliphatic carbocycles. The molecule has 7 aromatic rings. The topological polar surface area (TPSA) is 229 Å². The third kappa shape index (κ3) is 13.7. The maximum atomic E-state index is 11.3. The van der Waals surface area contributed by atoms with Crippen LogP contribution in [0.15, 0.2) is 245 Å². The Bertz CT molecular complexity index is 2470. The molecule has 7 aromatic carbocycles. The van der Waals surface area contributed by atoms with E-state index in [2.05, 4.69) is 137 Å². The fourth-order valence-electron chi connectivity index (χ4n) is 6.02. The van der Waals surface area contributed by atoms with Gasteiger partial charge in [0.1, 0.15) is 46.7 Å². The van der Waals surface area contributed by atoms with E-state index in [-0.39, 0.29) is 17.1 Å². The van der Waals surface area contributed by atoms with Crippen molar-refractivity contribution in [3.05, 3.63) is 261 Å². The van der Waals surface area contributed by atoms with Crippen molar-refractivity contribution in [2.75, 3.05) is 0 Å². The summed E-state index contributed by atoms with van der Waals surface area (Å²) in [6.45, 7) is 0. The summed E-state index contributed by atoms with van der Waals surface area (Å²) in [5, 5.41) is 71.4. The third-order valence-corrected chi connectivity index (χ3v) is 13.2. The fraction of sp³-hybridized carbons (Fsp3) is 0. The van der Waals surface area contributed by atoms with Crippen molar-refractivity contribution < 1.29 is 32.4 Å². The minimum Gasteiger partial charge on any atom is -0.870 e. The Morgan fingerprint density at radius 3 is 0.662 bits per heavy atom. The molecule has 12 nitrogen and oxygen atoms in total. The monoisotopic (exact) mass is 914 g/mol. The predicted molar refractivity (Wildman–Crippen MR) is 246 cm³/mol. The summed E-state index contributed by atoms with van der Waals surface area (Å²) < 4.78 is 0. The molecule has 0 saturated heterocycles. The Hall–Kier alpha value is -8.62. The van der Waals surface area contributed by atoms with Crippen LogP contribution in [0, 0.1) is 48.7 Å². The van der Waals surface area contributed by atoms with Gasteiger partial charge in [0, 0.05) is 0 Å². The van der Waals surface area contributed by atoms with Gasteiger partial charge >= 0.3 is 17.1 Å². The summed E-state index contributed by atoms with van der Waals surface area (Å²) in [4.78, 5) is 30.1. The molecule has 65 heavy (non-hydrogen) atoms. The predicted octanol–water partition coefficient (Wildman–Crippen LogP) is 7.32. The van der Waals surface area contributed by atoms with Crippen LogP contribution < -0.4 is 36.5 Å². The average Bonchev–Trinajstić information content (AvgIpc) is 3.38. The molecule has 0 heterocycles. The molecule has 0 atom stereocenters. The van der Waals surface area contributed by atoms with Gasteiger partial charge in [-0.2, -0.15) is 15.8 Å². The van der Waals surface area contributed by atoms with E-state index in [4.69, 9.17) is 15.8 Å². The Kier molecular flexibility index (Phi) is 21.3. The van der Waals surface area contributed by atoms with Crippen LogP contribution in [-0.4, -0.2) is 0 Å². The number of benzene rings is 7. The van der Waals surface area contributed by atoms with Gasteiger partial charge in [-0.15, -0.1) is 14.7 Å². The zero-order valence-corrected chi connectivity index (χ0v) is 36.1. The maximum Gasteiger partial charge on any atom is 2.00 e. The third-order valence-electron chi connectivity index (χ3n) is 8.92. The molecule has 0 N–H and O–H groups in total. The Morgan fingerprint density at radius 2 is 0.508 bits per heavy atom. The van der Waals surface area contributed by atoms with Crippen molar-refractivity contribution in [3.63, 3.8) is 0 Å². The molecule has 0 aromatic heterocycles. The standard InChI is InChI=1S/C24H20P.3C9H6N2O2.Fe/c1-5-13-21(14-6-1)25(22-15-7-2-8-16-22,23-17-9-3-10-18-23)24-19-11-4-12-20-24;3*10-6-8(11-13)9(12)7-4-2-1-3-5-7;/h1-20H;3*1-5,12H;/q+1;;;;+2/p-3/b;3*9-8-;. The van der Waals surface area contributed by atoms with Gasteiger partial charge in [-0.25, -0.2) is 0 Å². The first kappa shape index (κ1) is 50.7. The van der Waals surface area contributed by atoms with Gasteiger partial charge in [-0.05, 0) is 80.8 Å². The summed E-state index contributed by atoms with van der Waals surface area (Å²) in [5.74, 6) is -1.92. The van der Waals surface area contributed by atoms with Crippen LogP contribution in [0.25, 0.3) is 17.3 Å². The van der Waals surface area contributed by atoms with Gasteiger partial charge < -0.3 is 15.3 Å². The number of nitroso groups, excluding NO2 is 3. The molecule has 0 fully saturated rings. The first-order valence-electron chi connectivity index (χ1n) is 19.0. The molecule has 0 saturated carbocycles. The van der Waals surface area contributed by atoms with Gasteiger partial charge in [-0.3, -0.25) is 0 Å². The average molecular weight is 915 g/mol. The van der Waals surface area contributed by atoms with E-state index in [1.807, 2.05) is 0 Å². The van der Waals surface area contributed by atoms with Crippen molar-refractivity contribution in [3.8, 4) is 18.2 Å². The summed E-state index contributed by atoms with van der Waals surface area (Å²) in [7, 11) is -1.91. The largest absolute Gasteiger partial charge is 2.00 e. The van der Waals surface area contributed by atoms with E-state index in [9.17, 15) is 30.0 Å². The van der Waals surface area contributed by atoms with Crippen LogP contribution >= 0.6 is 7.26 Å². The van der Waals surface area contributed by atoms with Gasteiger partial charge in [0.25, 0.3) is 0 Å². The molecular weight excluding hydrogens is 879 g/mol. The molecule has 0 amide bonds. The molecule has 7 rings (SSSR count). The van der Waals surface area contributed by atoms with Gasteiger partial charge in [-0.1, -0.05) is 181 Å². The normalized spacial score (nSPS) is 11.1. The Balaban J connectivity index is 0.000000243. The van der Waals surface area contributed by atoms with Gasteiger partial charge in [0.2, 0.25) is 0 Å². The molecule has 0 bridgehead atoms. The number of hydrogen-bond acceptors (Lipinski definition) is 12. The number of nitrogens with zero attached hydrogens (tertiary/aromatic N) is 6. The van der Waals surface area contributed by atoms with Crippen LogP contribution in [0.2, 0.25) is 0 Å². The van der Waals surface area contributed by atoms with Crippen molar-refractivity contribution in [2.45, 2.75) is 0 Å². The van der Waals surface area contributed by atoms with Crippen molar-refractivity contribution in [1.29, 1.82) is 15.8 Å². The second kappa shape index (κ2) is 27.4. The maximum absolute atomic E-state index is 11.3. The van der Waals surface area contributed by atoms with E-state index in [0.29, 0.717) is 16.7 Å². The van der Waals surface area contributed by atoms with E-state index in [0.717, 1.165) is 0 Å². The summed E-state index contributed by atoms with van der Waals surface area (Å²) in [5.41, 5.74) is -0.987. The number of allylic oxidation sites excluding steroid dienone is 3. The van der Waals surface area contributed by atoms with Crippen LogP contribution in [0.5, 0.6) is 0 Å². The zero-order chi connectivity index (χ0) is 46.0. The van der Waals surface area contributed by atoms with Crippen LogP contribution in [0.1, 0.15) is 16.7 Å². The number of nitriles is 3. The quantitative estimate of drug-likeness (QED) is 0.0439. The molecule has 0 radical (unpaired) electrons. The number of hydrogen-bond donors (Lipinski definition) is 0. The van der Waals surface area contributed by atoms with Crippen LogP contribution in [0.3, 0.4) is 0 Å². The second-order valence-corrected chi connectivity index (χ2v) is 16.2. The summed E-state index contributed by atoms with van der Waals surface area (Å²) in [6.07, 6.45) is 0. The van der Waals surface area contributed by atoms with Crippen molar-refractivity contribution >= 4 is 45.8 Å². The molecule has 0 aliphatic heterocycles. The summed E-state index contributed by atoms with van der Waals surface area (Å²) in [6, 6.07) is 72.3. The van der Waals surface area contributed by atoms with Gasteiger partial charge in [0.15, 0.2) is 17.1 Å². The van der Waals surface area contributed by atoms with Gasteiger partial charge in [0.05, 0.1) is 0 Å². The smallest absolute Gasteiger partial charge is 0.870 e. The van der Waals surface area contributed by atoms with E-state index >= 15 is 0 Å². The minimum atomic E-state index is -1.91. The molecule has 318 valence electrons. The van der Waals surface area contributed by atoms with Crippen molar-refractivity contribution in [2.24, 2.45) is 15.5 Å². The molecule has 14 heteroatoms. The summed E-state index contributed by atoms with van der Waals surface area (Å²) >= 11 is 0. The SMILES string of the molecule is N#C/C(N=O)=C(/[O-])c1ccccc1.N#C/C(N=O)=C(/[O-])c1ccccc1.N#C/C(N=O)=C(/[O-])c1ccccc1.[Fe+2].c1ccc([P+](c2ccccc2)(c2ccccc2)c2ccccc2)cc1. The first-order chi connectivity index (χ1) is 31.3. The Labute approximate surface area is 386 Å². The molecule has 0 aliphatic rings. The van der Waals surface area contributed by atoms with Crippen LogP contribution in [-0.2, 0) is 17.1 Å². The second-order valence-electron chi connectivity index (χ2n) is 12.8. The molecule has 0 unspecified atom stereocenters. The molecule has 0 spiro atoms. The minimum absolute atomic E-state index is 0. The van der Waals surface area contributed by atoms with Crippen molar-refractivity contribution in [1.82, 2.24) is 0 Å². The fourth-order valence-corrected chi connectivity index (χ4v) is 10.3. The van der Waals surface area contributed by atoms with Crippen LogP contribution in [0.4, 0.5) is 0 Å². The van der Waals surface area contributed by atoms with E-state index in [1.165, 1.54) is 75.8 Å². The zero-order valence-electron chi connectivity index (χ0n) is 34.1.